The first-order valence-corrected chi connectivity index (χ1v) is 18.4. The van der Waals surface area contributed by atoms with Gasteiger partial charge in [0.15, 0.2) is 17.4 Å². The lowest BCUT2D eigenvalue weighted by Crippen LogP contribution is -2.16. The molecule has 0 spiro atoms. The molecule has 1 aliphatic rings. The molecule has 9 rings (SSSR count). The maximum absolute atomic E-state index is 5.65. The number of aromatic nitrogens is 4. The predicted molar refractivity (Wildman–Crippen MR) is 218 cm³/mol. The third-order valence-electron chi connectivity index (χ3n) is 10.3. The molecule has 55 heavy (non-hydrogen) atoms. The average molecular weight is 720 g/mol. The lowest BCUT2D eigenvalue weighted by Gasteiger charge is -2.15. The van der Waals surface area contributed by atoms with Gasteiger partial charge in [0.1, 0.15) is 63.4 Å². The lowest BCUT2D eigenvalue weighted by molar-refractivity contribution is 0.394. The first-order chi connectivity index (χ1) is 26.9. The maximum atomic E-state index is 5.65. The summed E-state index contributed by atoms with van der Waals surface area (Å²) in [5.74, 6) is 4.60. The smallest absolute Gasteiger partial charge is 0.193 e. The van der Waals surface area contributed by atoms with Gasteiger partial charge in [-0.3, -0.25) is 5.32 Å². The van der Waals surface area contributed by atoms with Crippen LogP contribution >= 0.6 is 0 Å². The Morgan fingerprint density at radius 2 is 0.745 bits per heavy atom. The molecular formula is C48H41N5O2+4. The Morgan fingerprint density at radius 1 is 0.400 bits per heavy atom. The normalized spacial score (nSPS) is 12.6. The molecule has 4 aromatic heterocycles. The Bertz CT molecular complexity index is 2390. The summed E-state index contributed by atoms with van der Waals surface area (Å²) in [6.07, 6.45) is 0. The van der Waals surface area contributed by atoms with Crippen molar-refractivity contribution >= 4 is 5.69 Å². The SMILES string of the molecule is COc1cc(N[C+]2c3ccc([nH]3)[C+](c3ccc(C)cc3)c3ccc([nH]3)[C+](c3ccccc3)c3ccc([nH]3)[C+](c3ccc(C)cc3)c3ccc2[nH]3)cc(OC)c1. The van der Waals surface area contributed by atoms with Gasteiger partial charge in [0.25, 0.3) is 0 Å². The van der Waals surface area contributed by atoms with Gasteiger partial charge in [-0.05, 0) is 67.4 Å². The zero-order valence-electron chi connectivity index (χ0n) is 31.2. The summed E-state index contributed by atoms with van der Waals surface area (Å²) in [6, 6.07) is 52.0. The van der Waals surface area contributed by atoms with Crippen LogP contribution in [0.15, 0.2) is 146 Å². The Hall–Kier alpha value is -7.12. The number of H-pyrrole nitrogens is 4. The van der Waals surface area contributed by atoms with Crippen LogP contribution in [0.3, 0.4) is 0 Å². The van der Waals surface area contributed by atoms with E-state index in [1.54, 1.807) is 14.2 Å². The molecule has 8 bridgehead atoms. The van der Waals surface area contributed by atoms with E-state index in [1.807, 2.05) is 18.2 Å². The fourth-order valence-electron chi connectivity index (χ4n) is 7.46. The van der Waals surface area contributed by atoms with Gasteiger partial charge in [-0.1, -0.05) is 0 Å². The molecule has 0 radical (unpaired) electrons. The topological polar surface area (TPSA) is 93.6 Å². The van der Waals surface area contributed by atoms with Crippen molar-refractivity contribution in [1.82, 2.24) is 19.9 Å². The van der Waals surface area contributed by atoms with Crippen molar-refractivity contribution < 1.29 is 9.47 Å². The van der Waals surface area contributed by atoms with Crippen LogP contribution in [0.1, 0.15) is 73.4 Å². The van der Waals surface area contributed by atoms with Crippen molar-refractivity contribution in [3.05, 3.63) is 243 Å². The molecule has 8 aromatic rings. The molecule has 0 amide bonds. The van der Waals surface area contributed by atoms with Gasteiger partial charge in [-0.2, -0.15) is 0 Å². The van der Waals surface area contributed by atoms with Crippen molar-refractivity contribution in [2.45, 2.75) is 13.8 Å². The number of fused-ring (bicyclic) bond motifs is 8. The van der Waals surface area contributed by atoms with E-state index in [0.717, 1.165) is 91.7 Å². The van der Waals surface area contributed by atoms with Gasteiger partial charge in [0, 0.05) is 54.6 Å². The summed E-state index contributed by atoms with van der Waals surface area (Å²) in [5.41, 5.74) is 14.3. The molecule has 5 N–H and O–H groups in total. The Labute approximate surface area is 321 Å². The van der Waals surface area contributed by atoms with Gasteiger partial charge in [-0.25, -0.2) is 0 Å². The van der Waals surface area contributed by atoms with Gasteiger partial charge < -0.3 is 29.4 Å². The van der Waals surface area contributed by atoms with Gasteiger partial charge in [0.2, 0.25) is 0 Å². The van der Waals surface area contributed by atoms with Crippen molar-refractivity contribution in [1.29, 1.82) is 0 Å². The minimum Gasteiger partial charge on any atom is -0.497 e. The van der Waals surface area contributed by atoms with E-state index in [4.69, 9.17) is 9.47 Å². The summed E-state index contributed by atoms with van der Waals surface area (Å²) >= 11 is 0. The number of benzene rings is 4. The molecule has 4 aromatic carbocycles. The standard InChI is InChI=1S/C48H41N5O2/c1-29-10-14-32(15-11-29)46-39-20-18-37(50-39)45(31-8-6-5-7-9-31)38-19-21-40(51-38)47(33-16-12-30(2)13-17-33)42-23-25-44(53-42)48(43-24-22-41(46)52-43)49-34-26-35(54-3)28-36(27-34)55-4/h5-28,49-53H,1-4H3/q+4. The second-order valence-electron chi connectivity index (χ2n) is 14.0. The van der Waals surface area contributed by atoms with Crippen LogP contribution in [0.5, 0.6) is 11.5 Å². The van der Waals surface area contributed by atoms with E-state index in [-0.39, 0.29) is 0 Å². The number of aryl methyl sites for hydroxylation is 2. The third kappa shape index (κ3) is 6.46. The average Bonchev–Trinajstić information content (AvgIpc) is 4.06. The summed E-state index contributed by atoms with van der Waals surface area (Å²) in [6.45, 7) is 4.23. The number of nitrogens with one attached hydrogen (secondary N) is 5. The summed E-state index contributed by atoms with van der Waals surface area (Å²) in [5, 5.41) is 3.73. The summed E-state index contributed by atoms with van der Waals surface area (Å²) in [7, 11) is 3.33. The number of hydrogen-bond acceptors (Lipinski definition) is 3. The zero-order valence-corrected chi connectivity index (χ0v) is 31.2. The number of aromatic amines is 4. The molecule has 5 heterocycles. The van der Waals surface area contributed by atoms with Gasteiger partial charge in [-0.15, -0.1) is 0 Å². The zero-order chi connectivity index (χ0) is 37.5. The van der Waals surface area contributed by atoms with Crippen LogP contribution < -0.4 is 14.8 Å². The van der Waals surface area contributed by atoms with Crippen molar-refractivity contribution in [3.63, 3.8) is 0 Å². The molecular weight excluding hydrogens is 679 g/mol. The van der Waals surface area contributed by atoms with E-state index in [0.29, 0.717) is 11.5 Å². The summed E-state index contributed by atoms with van der Waals surface area (Å²) in [4.78, 5) is 15.3. The highest BCUT2D eigenvalue weighted by Crippen LogP contribution is 2.39. The van der Waals surface area contributed by atoms with Crippen LogP contribution in [-0.4, -0.2) is 34.2 Å². The van der Waals surface area contributed by atoms with Crippen LogP contribution in [0.2, 0.25) is 0 Å². The largest absolute Gasteiger partial charge is 0.497 e. The Morgan fingerprint density at radius 3 is 1.13 bits per heavy atom. The molecule has 0 fully saturated rings. The van der Waals surface area contributed by atoms with Gasteiger partial charge in [0.05, 0.1) is 85.1 Å². The highest BCUT2D eigenvalue weighted by Gasteiger charge is 2.38. The Balaban J connectivity index is 1.26. The van der Waals surface area contributed by atoms with E-state index in [1.165, 1.54) is 11.1 Å². The third-order valence-corrected chi connectivity index (χ3v) is 10.3. The Kier molecular flexibility index (Phi) is 8.59. The fraction of sp³-hybridized carbons (Fsp3) is 0.0833. The van der Waals surface area contributed by atoms with E-state index in [9.17, 15) is 0 Å². The van der Waals surface area contributed by atoms with E-state index in [2.05, 4.69) is 166 Å². The second kappa shape index (κ2) is 14.0. The van der Waals surface area contributed by atoms with Crippen LogP contribution in [-0.2, 0) is 0 Å². The van der Waals surface area contributed by atoms with Crippen molar-refractivity contribution in [3.8, 4) is 11.5 Å². The van der Waals surface area contributed by atoms with Crippen LogP contribution in [0, 0.1) is 37.6 Å². The quantitative estimate of drug-likeness (QED) is 0.106. The molecule has 0 saturated carbocycles. The van der Waals surface area contributed by atoms with E-state index < -0.39 is 0 Å². The lowest BCUT2D eigenvalue weighted by atomic mass is 9.92. The molecule has 0 saturated heterocycles. The number of rotatable bonds is 7. The van der Waals surface area contributed by atoms with Crippen LogP contribution in [0.4, 0.5) is 5.69 Å². The van der Waals surface area contributed by atoms with Crippen LogP contribution in [0.25, 0.3) is 0 Å². The minimum atomic E-state index is 0.691. The second-order valence-corrected chi connectivity index (χ2v) is 14.0. The number of ether oxygens (including phenoxy) is 2. The van der Waals surface area contributed by atoms with Crippen molar-refractivity contribution in [2.75, 3.05) is 19.5 Å². The first kappa shape index (κ1) is 33.7. The molecule has 7 nitrogen and oxygen atoms in total. The minimum absolute atomic E-state index is 0.691. The maximum Gasteiger partial charge on any atom is 0.193 e. The number of anilines is 1. The van der Waals surface area contributed by atoms with Gasteiger partial charge >= 0.3 is 0 Å². The monoisotopic (exact) mass is 719 g/mol. The molecule has 0 atom stereocenters. The van der Waals surface area contributed by atoms with E-state index >= 15 is 0 Å². The number of hydrogen-bond donors (Lipinski definition) is 5. The molecule has 0 aliphatic carbocycles. The number of methoxy groups -OCH3 is 2. The highest BCUT2D eigenvalue weighted by atomic mass is 16.5. The predicted octanol–water partition coefficient (Wildman–Crippen LogP) is 10.0. The molecule has 266 valence electrons. The molecule has 1 aliphatic heterocycles. The summed E-state index contributed by atoms with van der Waals surface area (Å²) < 4.78 is 11.3. The molecule has 7 heteroatoms. The highest BCUT2D eigenvalue weighted by molar-refractivity contribution is 5.65. The van der Waals surface area contributed by atoms with Crippen molar-refractivity contribution in [2.24, 2.45) is 0 Å². The fourth-order valence-corrected chi connectivity index (χ4v) is 7.46. The first-order valence-electron chi connectivity index (χ1n) is 18.4. The molecule has 0 unspecified atom stereocenters.